The molecule has 2 aliphatic rings. The lowest BCUT2D eigenvalue weighted by atomic mass is 10.1. The molecule has 2 aromatic rings. The quantitative estimate of drug-likeness (QED) is 0.693. The number of rotatable bonds is 5. The van der Waals surface area contributed by atoms with Crippen LogP contribution in [0.2, 0.25) is 5.02 Å². The van der Waals surface area contributed by atoms with E-state index in [9.17, 15) is 9.59 Å². The molecule has 0 aromatic heterocycles. The number of halogens is 1. The van der Waals surface area contributed by atoms with Gasteiger partial charge in [0.05, 0.1) is 12.8 Å². The second-order valence-corrected chi connectivity index (χ2v) is 8.55. The molecule has 0 bridgehead atoms. The van der Waals surface area contributed by atoms with Gasteiger partial charge >= 0.3 is 0 Å². The number of piperazine rings is 1. The summed E-state index contributed by atoms with van der Waals surface area (Å²) in [5.74, 6) is 0.632. The van der Waals surface area contributed by atoms with E-state index in [1.165, 1.54) is 5.01 Å². The van der Waals surface area contributed by atoms with Crippen LogP contribution in [0, 0.1) is 6.92 Å². The molecule has 0 radical (unpaired) electrons. The minimum atomic E-state index is -0.0903. The number of benzene rings is 2. The van der Waals surface area contributed by atoms with Crippen molar-refractivity contribution < 1.29 is 14.3 Å². The van der Waals surface area contributed by atoms with Crippen molar-refractivity contribution in [2.45, 2.75) is 26.3 Å². The highest BCUT2D eigenvalue weighted by Gasteiger charge is 2.30. The molecule has 2 aliphatic heterocycles. The maximum Gasteiger partial charge on any atom is 0.270 e. The zero-order chi connectivity index (χ0) is 22.7. The molecule has 2 heterocycles. The first-order chi connectivity index (χ1) is 15.4. The second kappa shape index (κ2) is 9.71. The molecule has 0 saturated carbocycles. The van der Waals surface area contributed by atoms with E-state index < -0.39 is 0 Å². The van der Waals surface area contributed by atoms with Crippen LogP contribution in [-0.2, 0) is 16.1 Å². The molecule has 0 aliphatic carbocycles. The molecule has 7 nitrogen and oxygen atoms in total. The zero-order valence-electron chi connectivity index (χ0n) is 18.4. The molecule has 2 aromatic carbocycles. The van der Waals surface area contributed by atoms with E-state index in [0.717, 1.165) is 30.0 Å². The average Bonchev–Trinajstić information content (AvgIpc) is 2.80. The number of nitrogens with zero attached hydrogens (tertiary/aromatic N) is 4. The summed E-state index contributed by atoms with van der Waals surface area (Å²) in [6, 6.07) is 13.2. The lowest BCUT2D eigenvalue weighted by Gasteiger charge is -2.35. The number of amides is 2. The molecule has 0 unspecified atom stereocenters. The van der Waals surface area contributed by atoms with Crippen LogP contribution in [0.4, 0.5) is 5.69 Å². The van der Waals surface area contributed by atoms with E-state index in [2.05, 4.69) is 10.0 Å². The minimum Gasteiger partial charge on any atom is -0.496 e. The lowest BCUT2D eigenvalue weighted by Crippen LogP contribution is -2.51. The Kier molecular flexibility index (Phi) is 6.77. The Bertz CT molecular complexity index is 1050. The molecule has 2 amide bonds. The van der Waals surface area contributed by atoms with Gasteiger partial charge in [-0.1, -0.05) is 23.7 Å². The van der Waals surface area contributed by atoms with Crippen LogP contribution >= 0.6 is 11.6 Å². The zero-order valence-corrected chi connectivity index (χ0v) is 19.1. The molecule has 0 spiro atoms. The van der Waals surface area contributed by atoms with Crippen molar-refractivity contribution in [1.82, 2.24) is 9.80 Å². The van der Waals surface area contributed by atoms with Crippen LogP contribution in [0.1, 0.15) is 24.0 Å². The lowest BCUT2D eigenvalue weighted by molar-refractivity contribution is -0.126. The van der Waals surface area contributed by atoms with Crippen molar-refractivity contribution in [3.05, 3.63) is 58.6 Å². The Labute approximate surface area is 193 Å². The number of methoxy groups -OCH3 is 1. The first-order valence-corrected chi connectivity index (χ1v) is 11.1. The average molecular weight is 455 g/mol. The normalized spacial score (nSPS) is 17.3. The summed E-state index contributed by atoms with van der Waals surface area (Å²) in [6.45, 7) is 5.39. The smallest absolute Gasteiger partial charge is 0.270 e. The fraction of sp³-hybridized carbons (Fsp3) is 0.375. The third kappa shape index (κ3) is 4.95. The highest BCUT2D eigenvalue weighted by molar-refractivity contribution is 6.40. The Morgan fingerprint density at radius 1 is 1.09 bits per heavy atom. The van der Waals surface area contributed by atoms with Gasteiger partial charge in [0.2, 0.25) is 5.91 Å². The summed E-state index contributed by atoms with van der Waals surface area (Å²) >= 11 is 6.15. The standard InChI is InChI=1S/C24H27ClN4O3/c1-17-4-3-5-20(14-17)29-23(30)9-7-21(26-29)24(31)28-12-10-27(11-13-28)16-18-15-19(25)6-8-22(18)32-2/h3-6,8,14-15H,7,9-13,16H2,1-2H3. The monoisotopic (exact) mass is 454 g/mol. The summed E-state index contributed by atoms with van der Waals surface area (Å²) < 4.78 is 5.45. The van der Waals surface area contributed by atoms with E-state index in [0.29, 0.717) is 42.5 Å². The molecular weight excluding hydrogens is 428 g/mol. The van der Waals surface area contributed by atoms with Gasteiger partial charge in [0.15, 0.2) is 0 Å². The van der Waals surface area contributed by atoms with Crippen molar-refractivity contribution >= 4 is 34.8 Å². The number of carbonyl (C=O) groups is 2. The van der Waals surface area contributed by atoms with Crippen molar-refractivity contribution in [2.75, 3.05) is 38.3 Å². The van der Waals surface area contributed by atoms with E-state index in [1.54, 1.807) is 7.11 Å². The number of hydrogen-bond acceptors (Lipinski definition) is 5. The third-order valence-electron chi connectivity index (χ3n) is 5.82. The number of hydrogen-bond donors (Lipinski definition) is 0. The van der Waals surface area contributed by atoms with Gasteiger partial charge < -0.3 is 9.64 Å². The van der Waals surface area contributed by atoms with Crippen LogP contribution < -0.4 is 9.75 Å². The first-order valence-electron chi connectivity index (χ1n) is 10.8. The van der Waals surface area contributed by atoms with Gasteiger partial charge in [-0.15, -0.1) is 0 Å². The van der Waals surface area contributed by atoms with Crippen LogP contribution in [0.25, 0.3) is 0 Å². The van der Waals surface area contributed by atoms with Gasteiger partial charge in [-0.25, -0.2) is 5.01 Å². The van der Waals surface area contributed by atoms with E-state index in [1.807, 2.05) is 54.3 Å². The summed E-state index contributed by atoms with van der Waals surface area (Å²) in [7, 11) is 1.65. The molecule has 4 rings (SSSR count). The Balaban J connectivity index is 1.40. The first kappa shape index (κ1) is 22.3. The molecule has 1 saturated heterocycles. The van der Waals surface area contributed by atoms with Crippen LogP contribution in [0.15, 0.2) is 47.6 Å². The Morgan fingerprint density at radius 3 is 2.59 bits per heavy atom. The van der Waals surface area contributed by atoms with Gasteiger partial charge in [-0.2, -0.15) is 5.10 Å². The maximum absolute atomic E-state index is 13.1. The molecular formula is C24H27ClN4O3. The Hall–Kier alpha value is -2.90. The van der Waals surface area contributed by atoms with Crippen molar-refractivity contribution in [1.29, 1.82) is 0 Å². The molecule has 1 fully saturated rings. The number of carbonyl (C=O) groups excluding carboxylic acids is 2. The highest BCUT2D eigenvalue weighted by Crippen LogP contribution is 2.25. The number of anilines is 1. The van der Waals surface area contributed by atoms with E-state index in [4.69, 9.17) is 16.3 Å². The van der Waals surface area contributed by atoms with Gasteiger partial charge in [0.1, 0.15) is 11.5 Å². The predicted octanol–water partition coefficient (Wildman–Crippen LogP) is 3.48. The van der Waals surface area contributed by atoms with Crippen LogP contribution in [-0.4, -0.2) is 60.6 Å². The van der Waals surface area contributed by atoms with Gasteiger partial charge in [-0.3, -0.25) is 14.5 Å². The van der Waals surface area contributed by atoms with Gasteiger partial charge in [-0.05, 0) is 42.8 Å². The molecule has 0 N–H and O–H groups in total. The highest BCUT2D eigenvalue weighted by atomic mass is 35.5. The minimum absolute atomic E-state index is 0.0878. The largest absolute Gasteiger partial charge is 0.496 e. The summed E-state index contributed by atoms with van der Waals surface area (Å²) in [5.41, 5.74) is 3.21. The third-order valence-corrected chi connectivity index (χ3v) is 6.06. The molecule has 32 heavy (non-hydrogen) atoms. The molecule has 8 heteroatoms. The summed E-state index contributed by atoms with van der Waals surface area (Å²) in [4.78, 5) is 29.6. The molecule has 0 atom stereocenters. The summed E-state index contributed by atoms with van der Waals surface area (Å²) in [5, 5.41) is 6.48. The van der Waals surface area contributed by atoms with Gasteiger partial charge in [0.25, 0.3) is 5.91 Å². The van der Waals surface area contributed by atoms with Crippen molar-refractivity contribution in [3.8, 4) is 5.75 Å². The predicted molar refractivity (Wildman–Crippen MR) is 125 cm³/mol. The topological polar surface area (TPSA) is 65.5 Å². The molecule has 168 valence electrons. The van der Waals surface area contributed by atoms with Crippen molar-refractivity contribution in [2.24, 2.45) is 5.10 Å². The van der Waals surface area contributed by atoms with Crippen LogP contribution in [0.5, 0.6) is 5.75 Å². The number of ether oxygens (including phenoxy) is 1. The van der Waals surface area contributed by atoms with E-state index >= 15 is 0 Å². The van der Waals surface area contributed by atoms with E-state index in [-0.39, 0.29) is 18.2 Å². The fourth-order valence-corrected chi connectivity index (χ4v) is 4.27. The van der Waals surface area contributed by atoms with Crippen molar-refractivity contribution in [3.63, 3.8) is 0 Å². The number of aryl methyl sites for hydroxylation is 1. The SMILES string of the molecule is COc1ccc(Cl)cc1CN1CCN(C(=O)C2=NN(c3cccc(C)c3)C(=O)CC2)CC1. The number of hydrazone groups is 1. The van der Waals surface area contributed by atoms with Gasteiger partial charge in [0, 0.05) is 56.2 Å². The fourth-order valence-electron chi connectivity index (χ4n) is 4.07. The summed E-state index contributed by atoms with van der Waals surface area (Å²) in [6.07, 6.45) is 0.660. The maximum atomic E-state index is 13.1. The second-order valence-electron chi connectivity index (χ2n) is 8.12. The Morgan fingerprint density at radius 2 is 1.88 bits per heavy atom. The van der Waals surface area contributed by atoms with Crippen LogP contribution in [0.3, 0.4) is 0 Å².